The van der Waals surface area contributed by atoms with Gasteiger partial charge in [0.05, 0.1) is 12.7 Å². The molecule has 0 spiro atoms. The van der Waals surface area contributed by atoms with Crippen LogP contribution in [0.4, 0.5) is 0 Å². The Morgan fingerprint density at radius 1 is 1.50 bits per heavy atom. The van der Waals surface area contributed by atoms with Crippen LogP contribution >= 0.6 is 11.6 Å². The first-order valence-electron chi connectivity index (χ1n) is 5.62. The zero-order valence-electron chi connectivity index (χ0n) is 9.34. The van der Waals surface area contributed by atoms with Gasteiger partial charge in [-0.05, 0) is 32.2 Å². The Morgan fingerprint density at radius 3 is 2.93 bits per heavy atom. The first kappa shape index (κ1) is 12.3. The fourth-order valence-corrected chi connectivity index (χ4v) is 2.20. The van der Waals surface area contributed by atoms with Gasteiger partial charge in [0.2, 0.25) is 0 Å². The summed E-state index contributed by atoms with van der Waals surface area (Å²) >= 11 is 5.71. The lowest BCUT2D eigenvalue weighted by Crippen LogP contribution is -2.41. The zero-order chi connectivity index (χ0) is 10.4. The Hall–Kier alpha value is 0.210. The van der Waals surface area contributed by atoms with Crippen molar-refractivity contribution in [2.45, 2.75) is 32.8 Å². The van der Waals surface area contributed by atoms with Crippen LogP contribution < -0.4 is 0 Å². The molecule has 2 nitrogen and oxygen atoms in total. The second-order valence-corrected chi connectivity index (χ2v) is 4.73. The molecule has 14 heavy (non-hydrogen) atoms. The Balaban J connectivity index is 2.10. The maximum Gasteiger partial charge on any atom is 0.0674 e. The summed E-state index contributed by atoms with van der Waals surface area (Å²) in [6, 6.07) is 0. The van der Waals surface area contributed by atoms with E-state index < -0.39 is 0 Å². The van der Waals surface area contributed by atoms with Gasteiger partial charge in [-0.25, -0.2) is 0 Å². The largest absolute Gasteiger partial charge is 0.376 e. The predicted molar refractivity (Wildman–Crippen MR) is 61.0 cm³/mol. The van der Waals surface area contributed by atoms with Crippen LogP contribution in [-0.4, -0.2) is 43.1 Å². The maximum atomic E-state index is 5.71. The highest BCUT2D eigenvalue weighted by Gasteiger charge is 2.16. The minimum atomic E-state index is 0.409. The lowest BCUT2D eigenvalue weighted by molar-refractivity contribution is -0.0195. The van der Waals surface area contributed by atoms with Gasteiger partial charge < -0.3 is 4.74 Å². The van der Waals surface area contributed by atoms with Crippen LogP contribution in [0, 0.1) is 5.92 Å². The summed E-state index contributed by atoms with van der Waals surface area (Å²) in [5.74, 6) is 1.55. The fraction of sp³-hybridized carbons (Fsp3) is 1.00. The van der Waals surface area contributed by atoms with E-state index in [2.05, 4.69) is 18.7 Å². The fourth-order valence-electron chi connectivity index (χ4n) is 1.83. The van der Waals surface area contributed by atoms with Crippen molar-refractivity contribution in [3.8, 4) is 0 Å². The number of morpholine rings is 1. The number of hydrogen-bond acceptors (Lipinski definition) is 2. The number of nitrogens with zero attached hydrogens (tertiary/aromatic N) is 1. The quantitative estimate of drug-likeness (QED) is 0.659. The molecule has 0 saturated carbocycles. The Labute approximate surface area is 92.6 Å². The van der Waals surface area contributed by atoms with Crippen LogP contribution in [0.1, 0.15) is 26.7 Å². The van der Waals surface area contributed by atoms with Gasteiger partial charge in [0.25, 0.3) is 0 Å². The van der Waals surface area contributed by atoms with Crippen LogP contribution in [0.25, 0.3) is 0 Å². The van der Waals surface area contributed by atoms with Gasteiger partial charge in [-0.2, -0.15) is 0 Å². The molecule has 0 radical (unpaired) electrons. The highest BCUT2D eigenvalue weighted by molar-refractivity contribution is 6.17. The molecule has 0 aromatic heterocycles. The molecule has 0 bridgehead atoms. The monoisotopic (exact) mass is 219 g/mol. The molecule has 0 aliphatic carbocycles. The summed E-state index contributed by atoms with van der Waals surface area (Å²) in [7, 11) is 0. The molecule has 84 valence electrons. The average molecular weight is 220 g/mol. The lowest BCUT2D eigenvalue weighted by atomic mass is 10.0. The molecule has 3 heteroatoms. The van der Waals surface area contributed by atoms with Crippen LogP contribution in [0.15, 0.2) is 0 Å². The summed E-state index contributed by atoms with van der Waals surface area (Å²) < 4.78 is 5.50. The Kier molecular flexibility index (Phi) is 5.83. The molecule has 1 heterocycles. The first-order valence-corrected chi connectivity index (χ1v) is 6.15. The summed E-state index contributed by atoms with van der Waals surface area (Å²) in [5.41, 5.74) is 0. The third-order valence-electron chi connectivity index (χ3n) is 2.87. The molecule has 0 aromatic carbocycles. The number of halogens is 1. The van der Waals surface area contributed by atoms with Crippen LogP contribution in [0.3, 0.4) is 0 Å². The maximum absolute atomic E-state index is 5.71. The molecule has 0 aromatic rings. The van der Waals surface area contributed by atoms with E-state index in [1.807, 2.05) is 0 Å². The Bertz CT molecular complexity index is 154. The molecule has 1 saturated heterocycles. The van der Waals surface area contributed by atoms with E-state index in [9.17, 15) is 0 Å². The molecule has 2 atom stereocenters. The zero-order valence-corrected chi connectivity index (χ0v) is 10.1. The average Bonchev–Trinajstić information content (AvgIpc) is 2.15. The Morgan fingerprint density at radius 2 is 2.29 bits per heavy atom. The number of ether oxygens (including phenoxy) is 1. The van der Waals surface area contributed by atoms with E-state index in [-0.39, 0.29) is 0 Å². The van der Waals surface area contributed by atoms with Crippen molar-refractivity contribution < 1.29 is 4.74 Å². The topological polar surface area (TPSA) is 12.5 Å². The van der Waals surface area contributed by atoms with Gasteiger partial charge >= 0.3 is 0 Å². The smallest absolute Gasteiger partial charge is 0.0674 e. The predicted octanol–water partition coefficient (Wildman–Crippen LogP) is 2.36. The second kappa shape index (κ2) is 6.65. The summed E-state index contributed by atoms with van der Waals surface area (Å²) in [6.07, 6.45) is 2.81. The van der Waals surface area contributed by atoms with Crippen molar-refractivity contribution in [3.63, 3.8) is 0 Å². The number of alkyl halides is 1. The highest BCUT2D eigenvalue weighted by Crippen LogP contribution is 2.11. The molecular weight excluding hydrogens is 198 g/mol. The third kappa shape index (κ3) is 4.63. The van der Waals surface area contributed by atoms with Crippen molar-refractivity contribution in [2.24, 2.45) is 5.92 Å². The minimum Gasteiger partial charge on any atom is -0.376 e. The molecule has 1 aliphatic rings. The summed E-state index contributed by atoms with van der Waals surface area (Å²) in [4.78, 5) is 2.50. The van der Waals surface area contributed by atoms with Crippen LogP contribution in [-0.2, 0) is 4.74 Å². The third-order valence-corrected chi connectivity index (χ3v) is 3.08. The van der Waals surface area contributed by atoms with Crippen molar-refractivity contribution in [1.29, 1.82) is 0 Å². The molecule has 1 fully saturated rings. The molecule has 0 N–H and O–H groups in total. The van der Waals surface area contributed by atoms with E-state index in [1.165, 1.54) is 13.0 Å². The van der Waals surface area contributed by atoms with E-state index >= 15 is 0 Å². The number of rotatable bonds is 5. The van der Waals surface area contributed by atoms with Gasteiger partial charge in [-0.1, -0.05) is 6.92 Å². The van der Waals surface area contributed by atoms with Crippen LogP contribution in [0.2, 0.25) is 0 Å². The summed E-state index contributed by atoms with van der Waals surface area (Å²) in [5, 5.41) is 0. The molecule has 1 rings (SSSR count). The second-order valence-electron chi connectivity index (χ2n) is 4.35. The van der Waals surface area contributed by atoms with Crippen molar-refractivity contribution in [2.75, 3.05) is 32.1 Å². The molecule has 1 aliphatic heterocycles. The SMILES string of the molecule is CC(CCCl)CCN1CCOC(C)C1. The van der Waals surface area contributed by atoms with Gasteiger partial charge in [0, 0.05) is 19.0 Å². The molecule has 2 unspecified atom stereocenters. The van der Waals surface area contributed by atoms with Crippen molar-refractivity contribution in [3.05, 3.63) is 0 Å². The van der Waals surface area contributed by atoms with Crippen molar-refractivity contribution >= 4 is 11.6 Å². The van der Waals surface area contributed by atoms with Crippen molar-refractivity contribution in [1.82, 2.24) is 4.90 Å². The highest BCUT2D eigenvalue weighted by atomic mass is 35.5. The lowest BCUT2D eigenvalue weighted by Gasteiger charge is -2.31. The van der Waals surface area contributed by atoms with E-state index in [0.29, 0.717) is 6.10 Å². The first-order chi connectivity index (χ1) is 6.72. The van der Waals surface area contributed by atoms with Gasteiger partial charge in [-0.15, -0.1) is 11.6 Å². The standard InChI is InChI=1S/C11H22ClNO/c1-10(3-5-12)4-6-13-7-8-14-11(2)9-13/h10-11H,3-9H2,1-2H3. The minimum absolute atomic E-state index is 0.409. The van der Waals surface area contributed by atoms with Gasteiger partial charge in [0.1, 0.15) is 0 Å². The van der Waals surface area contributed by atoms with Crippen LogP contribution in [0.5, 0.6) is 0 Å². The van der Waals surface area contributed by atoms with Gasteiger partial charge in [0.15, 0.2) is 0 Å². The van der Waals surface area contributed by atoms with Gasteiger partial charge in [-0.3, -0.25) is 4.90 Å². The number of hydrogen-bond donors (Lipinski definition) is 0. The molecule has 0 amide bonds. The van der Waals surface area contributed by atoms with E-state index in [4.69, 9.17) is 16.3 Å². The molecular formula is C11H22ClNO. The van der Waals surface area contributed by atoms with E-state index in [1.54, 1.807) is 0 Å². The normalized spacial score (nSPS) is 26.4. The summed E-state index contributed by atoms with van der Waals surface area (Å²) in [6.45, 7) is 8.71. The van der Waals surface area contributed by atoms with E-state index in [0.717, 1.165) is 37.9 Å².